The van der Waals surface area contributed by atoms with Gasteiger partial charge in [-0.15, -0.1) is 0 Å². The van der Waals surface area contributed by atoms with Crippen LogP contribution < -0.4 is 15.4 Å². The second-order valence-corrected chi connectivity index (χ2v) is 5.10. The van der Waals surface area contributed by atoms with Crippen LogP contribution in [0.3, 0.4) is 0 Å². The summed E-state index contributed by atoms with van der Waals surface area (Å²) in [5.41, 5.74) is 2.25. The Morgan fingerprint density at radius 2 is 2.05 bits per heavy atom. The highest BCUT2D eigenvalue weighted by atomic mass is 16.5. The zero-order chi connectivity index (χ0) is 15.7. The number of carbonyl (C=O) groups excluding carboxylic acids is 1. The molecule has 0 spiro atoms. The summed E-state index contributed by atoms with van der Waals surface area (Å²) in [6, 6.07) is 5.80. The first-order valence-corrected chi connectivity index (χ1v) is 7.40. The van der Waals surface area contributed by atoms with E-state index < -0.39 is 0 Å². The number of ether oxygens (including phenoxy) is 1. The second kappa shape index (κ2) is 9.23. The van der Waals surface area contributed by atoms with Crippen molar-refractivity contribution in [3.8, 4) is 5.75 Å². The van der Waals surface area contributed by atoms with Crippen LogP contribution >= 0.6 is 0 Å². The highest BCUT2D eigenvalue weighted by molar-refractivity contribution is 5.73. The van der Waals surface area contributed by atoms with Gasteiger partial charge in [0.25, 0.3) is 0 Å². The quantitative estimate of drug-likeness (QED) is 0.687. The normalized spacial score (nSPS) is 11.8. The van der Waals surface area contributed by atoms with E-state index in [4.69, 9.17) is 4.74 Å². The van der Waals surface area contributed by atoms with Gasteiger partial charge >= 0.3 is 6.03 Å². The summed E-state index contributed by atoms with van der Waals surface area (Å²) in [6.07, 6.45) is 1.66. The lowest BCUT2D eigenvalue weighted by Crippen LogP contribution is -2.37. The molecule has 118 valence electrons. The number of urea groups is 1. The van der Waals surface area contributed by atoms with E-state index in [9.17, 15) is 9.90 Å². The summed E-state index contributed by atoms with van der Waals surface area (Å²) in [5, 5.41) is 14.9. The molecule has 5 heteroatoms. The van der Waals surface area contributed by atoms with Crippen molar-refractivity contribution in [3.63, 3.8) is 0 Å². The van der Waals surface area contributed by atoms with Crippen LogP contribution in [0.5, 0.6) is 5.75 Å². The van der Waals surface area contributed by atoms with Crippen molar-refractivity contribution >= 4 is 6.03 Å². The fourth-order valence-corrected chi connectivity index (χ4v) is 2.03. The molecule has 0 heterocycles. The largest absolute Gasteiger partial charge is 0.496 e. The molecule has 1 aromatic carbocycles. The molecule has 0 saturated carbocycles. The fraction of sp³-hybridized carbons (Fsp3) is 0.562. The van der Waals surface area contributed by atoms with Crippen LogP contribution in [0.2, 0.25) is 0 Å². The molecule has 0 fully saturated rings. The molecule has 1 unspecified atom stereocenters. The minimum absolute atomic E-state index is 0.204. The van der Waals surface area contributed by atoms with E-state index in [-0.39, 0.29) is 12.1 Å². The fourth-order valence-electron chi connectivity index (χ4n) is 2.03. The van der Waals surface area contributed by atoms with Crippen LogP contribution in [0.4, 0.5) is 4.79 Å². The molecule has 2 amide bonds. The third-order valence-corrected chi connectivity index (χ3v) is 3.35. The number of carbonyl (C=O) groups is 1. The van der Waals surface area contributed by atoms with Gasteiger partial charge in [0, 0.05) is 13.1 Å². The monoisotopic (exact) mass is 294 g/mol. The molecule has 0 saturated heterocycles. The van der Waals surface area contributed by atoms with E-state index in [2.05, 4.69) is 16.7 Å². The predicted molar refractivity (Wildman–Crippen MR) is 83.8 cm³/mol. The topological polar surface area (TPSA) is 70.6 Å². The summed E-state index contributed by atoms with van der Waals surface area (Å²) in [7, 11) is 1.65. The Bertz CT molecular complexity index is 449. The zero-order valence-electron chi connectivity index (χ0n) is 13.1. The lowest BCUT2D eigenvalue weighted by atomic mass is 10.1. The molecular formula is C16H26N2O3. The Morgan fingerprint density at radius 3 is 2.71 bits per heavy atom. The number of amides is 2. The maximum absolute atomic E-state index is 11.6. The molecule has 3 N–H and O–H groups in total. The Balaban J connectivity index is 2.30. The highest BCUT2D eigenvalue weighted by Gasteiger charge is 2.05. The highest BCUT2D eigenvalue weighted by Crippen LogP contribution is 2.19. The van der Waals surface area contributed by atoms with E-state index in [1.165, 1.54) is 5.56 Å². The molecular weight excluding hydrogens is 268 g/mol. The Morgan fingerprint density at radius 1 is 1.33 bits per heavy atom. The van der Waals surface area contributed by atoms with Crippen LogP contribution in [0.1, 0.15) is 30.9 Å². The molecule has 0 aliphatic carbocycles. The Labute approximate surface area is 126 Å². The molecule has 0 radical (unpaired) electrons. The maximum Gasteiger partial charge on any atom is 0.314 e. The maximum atomic E-state index is 11.6. The van der Waals surface area contributed by atoms with Crippen molar-refractivity contribution in [3.05, 3.63) is 29.3 Å². The summed E-state index contributed by atoms with van der Waals surface area (Å²) in [4.78, 5) is 11.6. The van der Waals surface area contributed by atoms with E-state index in [1.54, 1.807) is 7.11 Å². The summed E-state index contributed by atoms with van der Waals surface area (Å²) < 4.78 is 5.31. The predicted octanol–water partition coefficient (Wildman–Crippen LogP) is 2.01. The number of aliphatic hydroxyl groups is 1. The summed E-state index contributed by atoms with van der Waals surface area (Å²) in [6.45, 7) is 4.97. The number of hydrogen-bond donors (Lipinski definition) is 3. The third-order valence-electron chi connectivity index (χ3n) is 3.35. The molecule has 1 rings (SSSR count). The van der Waals surface area contributed by atoms with Gasteiger partial charge in [0.15, 0.2) is 0 Å². The molecule has 21 heavy (non-hydrogen) atoms. The van der Waals surface area contributed by atoms with Crippen LogP contribution in [-0.4, -0.2) is 37.4 Å². The van der Waals surface area contributed by atoms with E-state index in [1.807, 2.05) is 26.0 Å². The number of aryl methyl sites for hydroxylation is 1. The van der Waals surface area contributed by atoms with Crippen LogP contribution in [-0.2, 0) is 6.42 Å². The standard InChI is InChI=1S/C16H26N2O3/c1-4-14(19)8-10-18-16(20)17-9-7-13-11-12(2)5-6-15(13)21-3/h5-6,11,14,19H,4,7-10H2,1-3H3,(H2,17,18,20). The number of hydrogen-bond acceptors (Lipinski definition) is 3. The van der Waals surface area contributed by atoms with E-state index >= 15 is 0 Å². The Kier molecular flexibility index (Phi) is 7.61. The SMILES string of the molecule is CCC(O)CCNC(=O)NCCc1cc(C)ccc1OC. The average Bonchev–Trinajstić information content (AvgIpc) is 2.47. The number of aliphatic hydroxyl groups excluding tert-OH is 1. The second-order valence-electron chi connectivity index (χ2n) is 5.10. The third kappa shape index (κ3) is 6.49. The van der Waals surface area contributed by atoms with Gasteiger partial charge in [-0.05, 0) is 37.8 Å². The first kappa shape index (κ1) is 17.3. The van der Waals surface area contributed by atoms with E-state index in [0.29, 0.717) is 25.9 Å². The molecule has 0 aromatic heterocycles. The van der Waals surface area contributed by atoms with Gasteiger partial charge < -0.3 is 20.5 Å². The summed E-state index contributed by atoms with van der Waals surface area (Å²) in [5.74, 6) is 0.842. The van der Waals surface area contributed by atoms with Crippen molar-refractivity contribution in [1.29, 1.82) is 0 Å². The van der Waals surface area contributed by atoms with Gasteiger partial charge in [0.05, 0.1) is 13.2 Å². The lowest BCUT2D eigenvalue weighted by Gasteiger charge is -2.12. The van der Waals surface area contributed by atoms with Gasteiger partial charge in [-0.25, -0.2) is 4.79 Å². The first-order valence-electron chi connectivity index (χ1n) is 7.40. The smallest absolute Gasteiger partial charge is 0.314 e. The molecule has 1 aromatic rings. The Hall–Kier alpha value is -1.75. The van der Waals surface area contributed by atoms with Crippen LogP contribution in [0.15, 0.2) is 18.2 Å². The first-order chi connectivity index (χ1) is 10.1. The summed E-state index contributed by atoms with van der Waals surface area (Å²) >= 11 is 0. The number of rotatable bonds is 8. The zero-order valence-corrected chi connectivity index (χ0v) is 13.1. The van der Waals surface area contributed by atoms with Crippen molar-refractivity contribution in [2.45, 2.75) is 39.2 Å². The van der Waals surface area contributed by atoms with Crippen molar-refractivity contribution in [2.75, 3.05) is 20.2 Å². The van der Waals surface area contributed by atoms with Crippen LogP contribution in [0.25, 0.3) is 0 Å². The van der Waals surface area contributed by atoms with E-state index in [0.717, 1.165) is 17.7 Å². The lowest BCUT2D eigenvalue weighted by molar-refractivity contribution is 0.160. The van der Waals surface area contributed by atoms with Crippen molar-refractivity contribution in [1.82, 2.24) is 10.6 Å². The van der Waals surface area contributed by atoms with Gasteiger partial charge in [0.1, 0.15) is 5.75 Å². The van der Waals surface area contributed by atoms with Crippen molar-refractivity contribution < 1.29 is 14.6 Å². The number of methoxy groups -OCH3 is 1. The van der Waals surface area contributed by atoms with Gasteiger partial charge in [0.2, 0.25) is 0 Å². The number of benzene rings is 1. The van der Waals surface area contributed by atoms with Gasteiger partial charge in [-0.3, -0.25) is 0 Å². The minimum Gasteiger partial charge on any atom is -0.496 e. The minimum atomic E-state index is -0.346. The average molecular weight is 294 g/mol. The molecule has 0 aliphatic heterocycles. The molecule has 0 aliphatic rings. The van der Waals surface area contributed by atoms with Crippen LogP contribution in [0, 0.1) is 6.92 Å². The van der Waals surface area contributed by atoms with Gasteiger partial charge in [-0.1, -0.05) is 24.6 Å². The van der Waals surface area contributed by atoms with Crippen molar-refractivity contribution in [2.24, 2.45) is 0 Å². The number of nitrogens with one attached hydrogen (secondary N) is 2. The molecule has 1 atom stereocenters. The van der Waals surface area contributed by atoms with Gasteiger partial charge in [-0.2, -0.15) is 0 Å². The molecule has 0 bridgehead atoms. The molecule has 5 nitrogen and oxygen atoms in total.